The number of carbonyl (C=O) groups excluding carboxylic acids is 1. The van der Waals surface area contributed by atoms with Gasteiger partial charge in [0.1, 0.15) is 11.4 Å². The van der Waals surface area contributed by atoms with E-state index in [2.05, 4.69) is 11.4 Å². The molecule has 2 fully saturated rings. The van der Waals surface area contributed by atoms with Crippen LogP contribution in [0.4, 0.5) is 18.9 Å². The van der Waals surface area contributed by atoms with E-state index in [1.165, 1.54) is 19.1 Å². The van der Waals surface area contributed by atoms with Gasteiger partial charge in [-0.25, -0.2) is 26.3 Å². The van der Waals surface area contributed by atoms with Crippen LogP contribution in [-0.4, -0.2) is 60.2 Å². The van der Waals surface area contributed by atoms with Gasteiger partial charge in [0.2, 0.25) is 5.91 Å². The summed E-state index contributed by atoms with van der Waals surface area (Å²) in [5.74, 6) is -4.18. The van der Waals surface area contributed by atoms with Gasteiger partial charge < -0.3 is 10.2 Å². The lowest BCUT2D eigenvalue weighted by molar-refractivity contribution is -0.119. The predicted octanol–water partition coefficient (Wildman–Crippen LogP) is 5.09. The number of nitrogens with zero attached hydrogens (tertiary/aromatic N) is 4. The minimum absolute atomic E-state index is 0.0760. The van der Waals surface area contributed by atoms with Crippen LogP contribution in [0.25, 0.3) is 16.8 Å². The number of hydrogen-bond donors (Lipinski definition) is 1. The molecular weight excluding hydrogens is 591 g/mol. The average Bonchev–Trinajstić information content (AvgIpc) is 3.61. The summed E-state index contributed by atoms with van der Waals surface area (Å²) in [6.07, 6.45) is 2.08. The quantitative estimate of drug-likeness (QED) is 0.410. The molecule has 44 heavy (non-hydrogen) atoms. The van der Waals surface area contributed by atoms with Gasteiger partial charge in [0, 0.05) is 53.5 Å². The molecule has 1 unspecified atom stereocenters. The zero-order chi connectivity index (χ0) is 31.5. The van der Waals surface area contributed by atoms with E-state index in [1.54, 1.807) is 29.9 Å². The highest BCUT2D eigenvalue weighted by Crippen LogP contribution is 2.51. The van der Waals surface area contributed by atoms with Crippen molar-refractivity contribution in [2.24, 2.45) is 0 Å². The normalized spacial score (nSPS) is 23.6. The van der Waals surface area contributed by atoms with Gasteiger partial charge in [0.15, 0.2) is 9.84 Å². The molecule has 1 aromatic heterocycles. The maximum atomic E-state index is 15.2. The lowest BCUT2D eigenvalue weighted by atomic mass is 9.66. The number of anilines is 1. The lowest BCUT2D eigenvalue weighted by Gasteiger charge is -2.39. The predicted molar refractivity (Wildman–Crippen MR) is 160 cm³/mol. The van der Waals surface area contributed by atoms with Crippen LogP contribution in [0.1, 0.15) is 45.2 Å². The fourth-order valence-corrected chi connectivity index (χ4v) is 7.39. The molecule has 1 amide bonds. The Kier molecular flexibility index (Phi) is 7.15. The van der Waals surface area contributed by atoms with Crippen LogP contribution in [0.2, 0.25) is 0 Å². The molecule has 1 saturated carbocycles. The first-order valence-corrected chi connectivity index (χ1v) is 16.3. The van der Waals surface area contributed by atoms with Crippen molar-refractivity contribution >= 4 is 21.4 Å². The Morgan fingerprint density at radius 1 is 0.977 bits per heavy atom. The Morgan fingerprint density at radius 2 is 1.59 bits per heavy atom. The smallest absolute Gasteiger partial charge is 0.269 e. The number of benzene rings is 2. The maximum absolute atomic E-state index is 15.2. The topological polar surface area (TPSA) is 108 Å². The number of nitriles is 1. The summed E-state index contributed by atoms with van der Waals surface area (Å²) in [5.41, 5.74) is 0.356. The highest BCUT2D eigenvalue weighted by molar-refractivity contribution is 7.91. The van der Waals surface area contributed by atoms with Gasteiger partial charge in [0.25, 0.3) is 5.92 Å². The van der Waals surface area contributed by atoms with Crippen LogP contribution in [0.15, 0.2) is 65.9 Å². The maximum Gasteiger partial charge on any atom is 0.269 e. The number of amides is 1. The Bertz CT molecular complexity index is 1790. The molecule has 1 atom stereocenters. The highest BCUT2D eigenvalue weighted by Gasteiger charge is 2.53. The number of sulfone groups is 1. The summed E-state index contributed by atoms with van der Waals surface area (Å²) in [5, 5.41) is 17.2. The Balaban J connectivity index is 1.46. The second kappa shape index (κ2) is 10.5. The van der Waals surface area contributed by atoms with Crippen molar-refractivity contribution in [1.29, 1.82) is 5.26 Å². The summed E-state index contributed by atoms with van der Waals surface area (Å²) >= 11 is 0. The SMILES string of the molecule is CC1=C(C(=O)NC2(C#N)CC2)C(C)(c2nn(-c3ccc(F)cc3)cc2-c2ccc(N3CCS(=O)(=O)CC3)cc2)CCC1(F)F. The second-order valence-corrected chi connectivity index (χ2v) is 14.5. The molecule has 0 bridgehead atoms. The number of carbonyl (C=O) groups is 1. The van der Waals surface area contributed by atoms with Crippen LogP contribution >= 0.6 is 0 Å². The monoisotopic (exact) mass is 623 g/mol. The number of halogens is 3. The van der Waals surface area contributed by atoms with Crippen molar-refractivity contribution in [3.63, 3.8) is 0 Å². The summed E-state index contributed by atoms with van der Waals surface area (Å²) in [4.78, 5) is 15.7. The van der Waals surface area contributed by atoms with Gasteiger partial charge >= 0.3 is 0 Å². The highest BCUT2D eigenvalue weighted by atomic mass is 32.2. The molecule has 1 aliphatic heterocycles. The minimum atomic E-state index is -3.21. The largest absolute Gasteiger partial charge is 0.369 e. The Morgan fingerprint density at radius 3 is 2.18 bits per heavy atom. The van der Waals surface area contributed by atoms with Crippen LogP contribution in [0.3, 0.4) is 0 Å². The molecule has 1 N–H and O–H groups in total. The summed E-state index contributed by atoms with van der Waals surface area (Å²) in [6, 6.07) is 15.3. The molecule has 2 heterocycles. The van der Waals surface area contributed by atoms with Crippen molar-refractivity contribution in [2.75, 3.05) is 29.5 Å². The summed E-state index contributed by atoms with van der Waals surface area (Å²) < 4.78 is 69.5. The van der Waals surface area contributed by atoms with Crippen molar-refractivity contribution in [3.8, 4) is 22.9 Å². The zero-order valence-corrected chi connectivity index (χ0v) is 25.2. The fraction of sp³-hybridized carbons (Fsp3) is 0.406. The molecule has 1 saturated heterocycles. The third-order valence-electron chi connectivity index (χ3n) is 9.17. The van der Waals surface area contributed by atoms with E-state index < -0.39 is 44.9 Å². The second-order valence-electron chi connectivity index (χ2n) is 12.2. The summed E-state index contributed by atoms with van der Waals surface area (Å²) in [6.45, 7) is 3.77. The van der Waals surface area contributed by atoms with E-state index in [0.717, 1.165) is 5.69 Å². The van der Waals surface area contributed by atoms with Crippen molar-refractivity contribution < 1.29 is 26.4 Å². The van der Waals surface area contributed by atoms with Gasteiger partial charge in [-0.2, -0.15) is 10.4 Å². The standard InChI is InChI=1S/C32H32F3N5O3S/c1-21-27(29(41)37-31(20-36)12-13-31)30(2,11-14-32(21,34)35)28-26(19-40(38-28)25-9-5-23(33)6-10-25)22-3-7-24(8-4-22)39-15-17-44(42,43)18-16-39/h3-10,19H,11-18H2,1-2H3,(H,37,41). The zero-order valence-electron chi connectivity index (χ0n) is 24.4. The van der Waals surface area contributed by atoms with Crippen LogP contribution in [0, 0.1) is 17.1 Å². The summed E-state index contributed by atoms with van der Waals surface area (Å²) in [7, 11) is -3.04. The molecule has 2 aliphatic carbocycles. The lowest BCUT2D eigenvalue weighted by Crippen LogP contribution is -2.47. The Labute approximate surface area is 254 Å². The van der Waals surface area contributed by atoms with Gasteiger partial charge in [-0.15, -0.1) is 0 Å². The van der Waals surface area contributed by atoms with Crippen LogP contribution < -0.4 is 10.2 Å². The van der Waals surface area contributed by atoms with Gasteiger partial charge in [-0.05, 0) is 75.1 Å². The molecule has 0 spiro atoms. The van der Waals surface area contributed by atoms with E-state index in [1.807, 2.05) is 29.2 Å². The van der Waals surface area contributed by atoms with E-state index in [9.17, 15) is 22.9 Å². The molecule has 8 nitrogen and oxygen atoms in total. The third kappa shape index (κ3) is 5.38. The van der Waals surface area contributed by atoms with Crippen molar-refractivity contribution in [3.05, 3.63) is 77.4 Å². The number of rotatable bonds is 6. The van der Waals surface area contributed by atoms with Crippen molar-refractivity contribution in [2.45, 2.75) is 56.4 Å². The molecule has 3 aliphatic rings. The van der Waals surface area contributed by atoms with E-state index >= 15 is 8.78 Å². The molecule has 12 heteroatoms. The fourth-order valence-electron chi connectivity index (χ4n) is 6.18. The molecule has 230 valence electrons. The number of alkyl halides is 2. The first-order valence-electron chi connectivity index (χ1n) is 14.5. The molecule has 3 aromatic rings. The van der Waals surface area contributed by atoms with E-state index in [4.69, 9.17) is 5.10 Å². The number of allylic oxidation sites excluding steroid dienone is 1. The van der Waals surface area contributed by atoms with Gasteiger partial charge in [-0.3, -0.25) is 4.79 Å². The van der Waals surface area contributed by atoms with E-state index in [0.29, 0.717) is 48.4 Å². The first kappa shape index (κ1) is 29.9. The molecular formula is C32H32F3N5O3S. The average molecular weight is 624 g/mol. The Hall–Kier alpha value is -4.11. The first-order chi connectivity index (χ1) is 20.8. The van der Waals surface area contributed by atoms with E-state index in [-0.39, 0.29) is 29.1 Å². The van der Waals surface area contributed by atoms with Crippen molar-refractivity contribution in [1.82, 2.24) is 15.1 Å². The minimum Gasteiger partial charge on any atom is -0.369 e. The molecule has 6 rings (SSSR count). The third-order valence-corrected chi connectivity index (χ3v) is 10.8. The van der Waals surface area contributed by atoms with Crippen LogP contribution in [0.5, 0.6) is 0 Å². The number of hydrogen-bond acceptors (Lipinski definition) is 6. The van der Waals surface area contributed by atoms with Gasteiger partial charge in [0.05, 0.1) is 29.0 Å². The van der Waals surface area contributed by atoms with Gasteiger partial charge in [-0.1, -0.05) is 12.1 Å². The molecule has 0 radical (unpaired) electrons. The number of aromatic nitrogens is 2. The van der Waals surface area contributed by atoms with Crippen LogP contribution in [-0.2, 0) is 20.0 Å². The molecule has 2 aromatic carbocycles. The number of nitrogens with one attached hydrogen (secondary N) is 1.